The summed E-state index contributed by atoms with van der Waals surface area (Å²) in [6.07, 6.45) is 0.917. The number of benzene rings is 2. The standard InChI is InChI=1S/C17H15FN2S/c1-11-4-2-7-15(13(11)10-19)20-16-8-9-21-17-12(16)5-3-6-14(17)18/h2-7,16,20H,8-9H2,1H3. The van der Waals surface area contributed by atoms with Crippen molar-refractivity contribution in [2.75, 3.05) is 11.1 Å². The molecule has 0 aromatic heterocycles. The van der Waals surface area contributed by atoms with E-state index in [4.69, 9.17) is 0 Å². The fourth-order valence-corrected chi connectivity index (χ4v) is 3.80. The second-order valence-corrected chi connectivity index (χ2v) is 6.21. The fraction of sp³-hybridized carbons (Fsp3) is 0.235. The van der Waals surface area contributed by atoms with Crippen molar-refractivity contribution < 1.29 is 4.39 Å². The van der Waals surface area contributed by atoms with Crippen LogP contribution in [0.4, 0.5) is 10.1 Å². The van der Waals surface area contributed by atoms with Crippen LogP contribution in [0.1, 0.15) is 29.2 Å². The van der Waals surface area contributed by atoms with Gasteiger partial charge in [0.25, 0.3) is 0 Å². The molecule has 4 heteroatoms. The van der Waals surface area contributed by atoms with E-state index in [1.54, 1.807) is 17.8 Å². The van der Waals surface area contributed by atoms with Crippen molar-refractivity contribution in [3.63, 3.8) is 0 Å². The molecule has 21 heavy (non-hydrogen) atoms. The zero-order valence-corrected chi connectivity index (χ0v) is 12.5. The van der Waals surface area contributed by atoms with Crippen LogP contribution in [0.25, 0.3) is 0 Å². The van der Waals surface area contributed by atoms with Gasteiger partial charge in [0, 0.05) is 10.6 Å². The first-order valence-electron chi connectivity index (χ1n) is 6.88. The summed E-state index contributed by atoms with van der Waals surface area (Å²) in [5, 5.41) is 12.7. The number of nitriles is 1. The molecule has 0 bridgehead atoms. The molecule has 0 aliphatic carbocycles. The Balaban J connectivity index is 1.97. The normalized spacial score (nSPS) is 16.9. The molecule has 1 N–H and O–H groups in total. The van der Waals surface area contributed by atoms with Crippen LogP contribution < -0.4 is 5.32 Å². The number of anilines is 1. The predicted molar refractivity (Wildman–Crippen MR) is 84.0 cm³/mol. The van der Waals surface area contributed by atoms with Crippen LogP contribution in [-0.2, 0) is 0 Å². The summed E-state index contributed by atoms with van der Waals surface area (Å²) < 4.78 is 13.9. The molecule has 3 rings (SSSR count). The summed E-state index contributed by atoms with van der Waals surface area (Å²) in [7, 11) is 0. The van der Waals surface area contributed by atoms with E-state index < -0.39 is 0 Å². The Bertz CT molecular complexity index is 721. The minimum Gasteiger partial charge on any atom is -0.377 e. The lowest BCUT2D eigenvalue weighted by Crippen LogP contribution is -2.17. The third-order valence-electron chi connectivity index (χ3n) is 3.74. The maximum absolute atomic E-state index is 13.9. The minimum atomic E-state index is -0.159. The number of hydrogen-bond donors (Lipinski definition) is 1. The summed E-state index contributed by atoms with van der Waals surface area (Å²) in [5.41, 5.74) is 3.42. The Morgan fingerprint density at radius 3 is 2.90 bits per heavy atom. The van der Waals surface area contributed by atoms with E-state index in [0.29, 0.717) is 5.56 Å². The van der Waals surface area contributed by atoms with Crippen molar-refractivity contribution >= 4 is 17.4 Å². The van der Waals surface area contributed by atoms with Crippen LogP contribution in [0.3, 0.4) is 0 Å². The lowest BCUT2D eigenvalue weighted by atomic mass is 10.0. The van der Waals surface area contributed by atoms with Gasteiger partial charge in [0.2, 0.25) is 0 Å². The van der Waals surface area contributed by atoms with Gasteiger partial charge >= 0.3 is 0 Å². The number of halogens is 1. The number of hydrogen-bond acceptors (Lipinski definition) is 3. The molecule has 1 aliphatic heterocycles. The zero-order valence-electron chi connectivity index (χ0n) is 11.7. The zero-order chi connectivity index (χ0) is 14.8. The van der Waals surface area contributed by atoms with E-state index in [0.717, 1.165) is 33.9 Å². The van der Waals surface area contributed by atoms with Crippen LogP contribution in [0.2, 0.25) is 0 Å². The number of aryl methyl sites for hydroxylation is 1. The number of thioether (sulfide) groups is 1. The highest BCUT2D eigenvalue weighted by molar-refractivity contribution is 7.99. The maximum atomic E-state index is 13.9. The smallest absolute Gasteiger partial charge is 0.137 e. The molecular weight excluding hydrogens is 283 g/mol. The predicted octanol–water partition coefficient (Wildman–Crippen LogP) is 4.65. The molecule has 0 fully saturated rings. The largest absolute Gasteiger partial charge is 0.377 e. The molecular formula is C17H15FN2S. The van der Waals surface area contributed by atoms with Crippen molar-refractivity contribution in [3.05, 3.63) is 58.9 Å². The molecule has 1 atom stereocenters. The molecule has 0 saturated heterocycles. The maximum Gasteiger partial charge on any atom is 0.137 e. The molecule has 1 heterocycles. The third-order valence-corrected chi connectivity index (χ3v) is 4.90. The molecule has 0 radical (unpaired) electrons. The summed E-state index contributed by atoms with van der Waals surface area (Å²) in [5.74, 6) is 0.716. The van der Waals surface area contributed by atoms with Gasteiger partial charge in [-0.05, 0) is 36.6 Å². The van der Waals surface area contributed by atoms with Crippen molar-refractivity contribution in [2.24, 2.45) is 0 Å². The second-order valence-electron chi connectivity index (χ2n) is 5.10. The Kier molecular flexibility index (Phi) is 3.85. The highest BCUT2D eigenvalue weighted by Crippen LogP contribution is 2.39. The summed E-state index contributed by atoms with van der Waals surface area (Å²) in [6.45, 7) is 1.92. The van der Waals surface area contributed by atoms with Gasteiger partial charge in [-0.1, -0.05) is 24.3 Å². The van der Waals surface area contributed by atoms with Crippen molar-refractivity contribution in [1.82, 2.24) is 0 Å². The SMILES string of the molecule is Cc1cccc(NC2CCSc3c(F)cccc32)c1C#N. The van der Waals surface area contributed by atoms with Gasteiger partial charge in [0.05, 0.1) is 17.3 Å². The lowest BCUT2D eigenvalue weighted by molar-refractivity contribution is 0.585. The Morgan fingerprint density at radius 1 is 1.29 bits per heavy atom. The lowest BCUT2D eigenvalue weighted by Gasteiger charge is -2.27. The van der Waals surface area contributed by atoms with E-state index in [2.05, 4.69) is 11.4 Å². The molecule has 2 nitrogen and oxygen atoms in total. The first-order chi connectivity index (χ1) is 10.2. The first kappa shape index (κ1) is 14.0. The van der Waals surface area contributed by atoms with Gasteiger partial charge < -0.3 is 5.32 Å². The van der Waals surface area contributed by atoms with E-state index >= 15 is 0 Å². The number of rotatable bonds is 2. The Morgan fingerprint density at radius 2 is 2.10 bits per heavy atom. The van der Waals surface area contributed by atoms with Crippen molar-refractivity contribution in [1.29, 1.82) is 5.26 Å². The molecule has 2 aromatic rings. The van der Waals surface area contributed by atoms with E-state index in [1.165, 1.54) is 6.07 Å². The Hall–Kier alpha value is -1.99. The molecule has 0 saturated carbocycles. The quantitative estimate of drug-likeness (QED) is 0.876. The van der Waals surface area contributed by atoms with Gasteiger partial charge in [-0.3, -0.25) is 0 Å². The van der Waals surface area contributed by atoms with Crippen LogP contribution in [0.15, 0.2) is 41.3 Å². The van der Waals surface area contributed by atoms with E-state index in [-0.39, 0.29) is 11.9 Å². The minimum absolute atomic E-state index is 0.0471. The van der Waals surface area contributed by atoms with Crippen molar-refractivity contribution in [2.45, 2.75) is 24.3 Å². The molecule has 1 unspecified atom stereocenters. The number of fused-ring (bicyclic) bond motifs is 1. The van der Waals surface area contributed by atoms with Gasteiger partial charge in [0.1, 0.15) is 11.9 Å². The van der Waals surface area contributed by atoms with Gasteiger partial charge in [-0.2, -0.15) is 5.26 Å². The number of nitrogens with zero attached hydrogens (tertiary/aromatic N) is 1. The molecule has 106 valence electrons. The van der Waals surface area contributed by atoms with Crippen LogP contribution in [0, 0.1) is 24.1 Å². The molecule has 0 spiro atoms. The third kappa shape index (κ3) is 2.62. The van der Waals surface area contributed by atoms with E-state index in [1.807, 2.05) is 31.2 Å². The average molecular weight is 298 g/mol. The van der Waals surface area contributed by atoms with Gasteiger partial charge in [-0.15, -0.1) is 11.8 Å². The monoisotopic (exact) mass is 298 g/mol. The molecule has 0 amide bonds. The summed E-state index contributed by atoms with van der Waals surface area (Å²) in [4.78, 5) is 0.729. The van der Waals surface area contributed by atoms with E-state index in [9.17, 15) is 9.65 Å². The average Bonchev–Trinajstić information content (AvgIpc) is 2.49. The topological polar surface area (TPSA) is 35.8 Å². The van der Waals surface area contributed by atoms with Gasteiger partial charge in [-0.25, -0.2) is 4.39 Å². The second kappa shape index (κ2) is 5.79. The highest BCUT2D eigenvalue weighted by atomic mass is 32.2. The molecule has 1 aliphatic rings. The van der Waals surface area contributed by atoms with Crippen LogP contribution >= 0.6 is 11.8 Å². The van der Waals surface area contributed by atoms with Gasteiger partial charge in [0.15, 0.2) is 0 Å². The Labute approximate surface area is 128 Å². The van der Waals surface area contributed by atoms with Crippen LogP contribution in [0.5, 0.6) is 0 Å². The summed E-state index contributed by atoms with van der Waals surface area (Å²) in [6, 6.07) is 13.3. The highest BCUT2D eigenvalue weighted by Gasteiger charge is 2.23. The fourth-order valence-electron chi connectivity index (χ4n) is 2.66. The van der Waals surface area contributed by atoms with Crippen molar-refractivity contribution in [3.8, 4) is 6.07 Å². The molecule has 2 aromatic carbocycles. The number of nitrogens with one attached hydrogen (secondary N) is 1. The van der Waals surface area contributed by atoms with Crippen LogP contribution in [-0.4, -0.2) is 5.75 Å². The summed E-state index contributed by atoms with van der Waals surface area (Å²) >= 11 is 1.56. The first-order valence-corrected chi connectivity index (χ1v) is 7.86.